The van der Waals surface area contributed by atoms with Crippen LogP contribution in [0.15, 0.2) is 101 Å². The number of rotatable bonds is 8. The molecule has 4 aromatic rings. The Kier molecular flexibility index (Phi) is 8.09. The Labute approximate surface area is 227 Å². The van der Waals surface area contributed by atoms with Crippen molar-refractivity contribution >= 4 is 44.2 Å². The van der Waals surface area contributed by atoms with E-state index < -0.39 is 15.3 Å². The van der Waals surface area contributed by atoms with Gasteiger partial charge in [-0.2, -0.15) is 4.31 Å². The zero-order valence-electron chi connectivity index (χ0n) is 21.2. The second kappa shape index (κ2) is 11.7. The average molecular weight is 547 g/mol. The Morgan fingerprint density at radius 1 is 0.921 bits per heavy atom. The molecule has 0 saturated carbocycles. The summed E-state index contributed by atoms with van der Waals surface area (Å²) in [5.41, 5.74) is 1.99. The van der Waals surface area contributed by atoms with Gasteiger partial charge in [0.1, 0.15) is 4.90 Å². The van der Waals surface area contributed by atoms with Gasteiger partial charge in [-0.1, -0.05) is 78.5 Å². The van der Waals surface area contributed by atoms with Crippen molar-refractivity contribution in [1.82, 2.24) is 14.2 Å². The van der Waals surface area contributed by atoms with Crippen LogP contribution in [0.4, 0.5) is 5.69 Å². The van der Waals surface area contributed by atoms with Crippen molar-refractivity contribution < 1.29 is 13.2 Å². The first-order chi connectivity index (χ1) is 18.4. The standard InChI is InChI=1S/C29H30N4O3S2/c1-22(29(34)31-27-13-7-11-24-10-5-6-12-26(24)27)37-28-15-14-25(20-30-28)38(35,36)33-18-16-32(17-19-33)21-23-8-3-2-4-9-23/h2-15,20,22H,16-19,21H2,1H3,(H,31,34)/t22-/m1/s1. The lowest BCUT2D eigenvalue weighted by Gasteiger charge is -2.33. The number of anilines is 1. The fourth-order valence-corrected chi connectivity index (χ4v) is 6.67. The van der Waals surface area contributed by atoms with Gasteiger partial charge in [0.15, 0.2) is 0 Å². The molecule has 2 heterocycles. The van der Waals surface area contributed by atoms with Crippen molar-refractivity contribution in [3.05, 3.63) is 96.7 Å². The number of benzene rings is 3. The molecule has 0 unspecified atom stereocenters. The number of carbonyl (C=O) groups is 1. The lowest BCUT2D eigenvalue weighted by Crippen LogP contribution is -2.48. The quantitative estimate of drug-likeness (QED) is 0.318. The molecule has 9 heteroatoms. The molecule has 1 fully saturated rings. The summed E-state index contributed by atoms with van der Waals surface area (Å²) in [4.78, 5) is 19.7. The van der Waals surface area contributed by atoms with Gasteiger partial charge >= 0.3 is 0 Å². The maximum Gasteiger partial charge on any atom is 0.244 e. The zero-order chi connectivity index (χ0) is 26.5. The van der Waals surface area contributed by atoms with Crippen LogP contribution in [0.2, 0.25) is 0 Å². The number of hydrogen-bond donors (Lipinski definition) is 1. The number of nitrogens with one attached hydrogen (secondary N) is 1. The normalized spacial score (nSPS) is 15.8. The molecule has 1 aliphatic rings. The Morgan fingerprint density at radius 3 is 2.37 bits per heavy atom. The lowest BCUT2D eigenvalue weighted by molar-refractivity contribution is -0.115. The maximum atomic E-state index is 13.2. The van der Waals surface area contributed by atoms with Crippen LogP contribution < -0.4 is 5.32 Å². The summed E-state index contributed by atoms with van der Waals surface area (Å²) in [6, 6.07) is 27.2. The Balaban J connectivity index is 1.17. The molecule has 5 rings (SSSR count). The fourth-order valence-electron chi connectivity index (χ4n) is 4.51. The number of fused-ring (bicyclic) bond motifs is 1. The first kappa shape index (κ1) is 26.4. The van der Waals surface area contributed by atoms with Gasteiger partial charge in [-0.05, 0) is 36.1 Å². The molecular weight excluding hydrogens is 516 g/mol. The summed E-state index contributed by atoms with van der Waals surface area (Å²) in [5.74, 6) is -0.141. The van der Waals surface area contributed by atoms with Gasteiger partial charge in [0.25, 0.3) is 0 Å². The van der Waals surface area contributed by atoms with Gasteiger partial charge in [0, 0.05) is 50.0 Å². The summed E-state index contributed by atoms with van der Waals surface area (Å²) < 4.78 is 27.9. The minimum atomic E-state index is -3.63. The van der Waals surface area contributed by atoms with Crippen molar-refractivity contribution in [3.8, 4) is 0 Å². The van der Waals surface area contributed by atoms with E-state index in [0.717, 1.165) is 23.0 Å². The van der Waals surface area contributed by atoms with Gasteiger partial charge < -0.3 is 5.32 Å². The molecule has 1 atom stereocenters. The minimum Gasteiger partial charge on any atom is -0.325 e. The van der Waals surface area contributed by atoms with Crippen LogP contribution in [0.25, 0.3) is 10.8 Å². The predicted octanol–water partition coefficient (Wildman–Crippen LogP) is 4.86. The molecule has 38 heavy (non-hydrogen) atoms. The minimum absolute atomic E-state index is 0.141. The van der Waals surface area contributed by atoms with Crippen LogP contribution in [0, 0.1) is 0 Å². The Bertz CT molecular complexity index is 1500. The van der Waals surface area contributed by atoms with Crippen LogP contribution in [-0.4, -0.2) is 59.9 Å². The van der Waals surface area contributed by atoms with Crippen molar-refractivity contribution in [3.63, 3.8) is 0 Å². The van der Waals surface area contributed by atoms with Crippen molar-refractivity contribution in [2.24, 2.45) is 0 Å². The third-order valence-electron chi connectivity index (χ3n) is 6.64. The number of sulfonamides is 1. The van der Waals surface area contributed by atoms with Crippen LogP contribution >= 0.6 is 11.8 Å². The second-order valence-electron chi connectivity index (χ2n) is 9.27. The average Bonchev–Trinajstić information content (AvgIpc) is 2.94. The summed E-state index contributed by atoms with van der Waals surface area (Å²) in [6.07, 6.45) is 1.39. The number of piperazine rings is 1. The van der Waals surface area contributed by atoms with Crippen molar-refractivity contribution in [2.45, 2.75) is 28.6 Å². The number of thioether (sulfide) groups is 1. The topological polar surface area (TPSA) is 82.6 Å². The van der Waals surface area contributed by atoms with Gasteiger partial charge in [-0.3, -0.25) is 9.69 Å². The molecule has 0 spiro atoms. The molecule has 3 aromatic carbocycles. The SMILES string of the molecule is C[C@@H](Sc1ccc(S(=O)(=O)N2CCN(Cc3ccccc3)CC2)cn1)C(=O)Nc1cccc2ccccc12. The van der Waals surface area contributed by atoms with E-state index in [0.29, 0.717) is 31.2 Å². The summed E-state index contributed by atoms with van der Waals surface area (Å²) in [7, 11) is -3.63. The number of pyridine rings is 1. The highest BCUT2D eigenvalue weighted by atomic mass is 32.2. The van der Waals surface area contributed by atoms with Crippen molar-refractivity contribution in [1.29, 1.82) is 0 Å². The smallest absolute Gasteiger partial charge is 0.244 e. The number of amides is 1. The molecule has 1 saturated heterocycles. The van der Waals surface area contributed by atoms with Crippen LogP contribution in [0.5, 0.6) is 0 Å². The summed E-state index contributed by atoms with van der Waals surface area (Å²) in [5, 5.41) is 5.23. The summed E-state index contributed by atoms with van der Waals surface area (Å²) in [6.45, 7) is 4.87. The molecule has 0 aliphatic carbocycles. The number of nitrogens with zero attached hydrogens (tertiary/aromatic N) is 3. The van der Waals surface area contributed by atoms with E-state index in [9.17, 15) is 13.2 Å². The van der Waals surface area contributed by atoms with Crippen LogP contribution in [0.1, 0.15) is 12.5 Å². The first-order valence-electron chi connectivity index (χ1n) is 12.6. The number of carbonyl (C=O) groups excluding carboxylic acids is 1. The predicted molar refractivity (Wildman–Crippen MR) is 153 cm³/mol. The molecular formula is C29H30N4O3S2. The number of aromatic nitrogens is 1. The maximum absolute atomic E-state index is 13.2. The molecule has 1 aliphatic heterocycles. The molecule has 1 amide bonds. The Morgan fingerprint density at radius 2 is 1.63 bits per heavy atom. The molecule has 1 aromatic heterocycles. The van der Waals surface area contributed by atoms with E-state index in [4.69, 9.17) is 0 Å². The highest BCUT2D eigenvalue weighted by Gasteiger charge is 2.29. The third-order valence-corrected chi connectivity index (χ3v) is 9.57. The van der Waals surface area contributed by atoms with E-state index in [-0.39, 0.29) is 10.8 Å². The van der Waals surface area contributed by atoms with Gasteiger partial charge in [-0.15, -0.1) is 0 Å². The molecule has 7 nitrogen and oxygen atoms in total. The number of hydrogen-bond acceptors (Lipinski definition) is 6. The molecule has 1 N–H and O–H groups in total. The second-order valence-corrected chi connectivity index (χ2v) is 12.6. The zero-order valence-corrected chi connectivity index (χ0v) is 22.8. The lowest BCUT2D eigenvalue weighted by atomic mass is 10.1. The van der Waals surface area contributed by atoms with E-state index >= 15 is 0 Å². The van der Waals surface area contributed by atoms with Crippen LogP contribution in [-0.2, 0) is 21.4 Å². The van der Waals surface area contributed by atoms with Gasteiger partial charge in [0.2, 0.25) is 15.9 Å². The highest BCUT2D eigenvalue weighted by Crippen LogP contribution is 2.27. The highest BCUT2D eigenvalue weighted by molar-refractivity contribution is 8.00. The van der Waals surface area contributed by atoms with E-state index in [1.54, 1.807) is 12.1 Å². The van der Waals surface area contributed by atoms with Gasteiger partial charge in [-0.25, -0.2) is 13.4 Å². The summed E-state index contributed by atoms with van der Waals surface area (Å²) >= 11 is 1.29. The van der Waals surface area contributed by atoms with Gasteiger partial charge in [0.05, 0.1) is 10.3 Å². The third kappa shape index (κ3) is 6.07. The largest absolute Gasteiger partial charge is 0.325 e. The van der Waals surface area contributed by atoms with E-state index in [1.165, 1.54) is 27.8 Å². The monoisotopic (exact) mass is 546 g/mol. The molecule has 196 valence electrons. The van der Waals surface area contributed by atoms with E-state index in [2.05, 4.69) is 27.3 Å². The molecule has 0 bridgehead atoms. The fraction of sp³-hybridized carbons (Fsp3) is 0.241. The van der Waals surface area contributed by atoms with Crippen molar-refractivity contribution in [2.75, 3.05) is 31.5 Å². The first-order valence-corrected chi connectivity index (χ1v) is 14.9. The van der Waals surface area contributed by atoms with Crippen LogP contribution in [0.3, 0.4) is 0 Å². The van der Waals surface area contributed by atoms with E-state index in [1.807, 2.05) is 67.6 Å². The Hall–Kier alpha value is -3.24. The molecule has 0 radical (unpaired) electrons.